The first-order valence-electron chi connectivity index (χ1n) is 6.03. The molecule has 0 aromatic carbocycles. The highest BCUT2D eigenvalue weighted by Crippen LogP contribution is 2.37. The van der Waals surface area contributed by atoms with Crippen LogP contribution in [0, 0.1) is 0 Å². The molecule has 0 amide bonds. The number of aromatic nitrogens is 1. The summed E-state index contributed by atoms with van der Waals surface area (Å²) in [6, 6.07) is 8.07. The number of thiazole rings is 1. The molecule has 3 nitrogen and oxygen atoms in total. The number of carboxylic acids is 1. The van der Waals surface area contributed by atoms with Crippen LogP contribution in [0.4, 0.5) is 0 Å². The van der Waals surface area contributed by atoms with Gasteiger partial charge in [-0.2, -0.15) is 0 Å². The molecule has 0 saturated heterocycles. The van der Waals surface area contributed by atoms with Gasteiger partial charge in [0.05, 0.1) is 21.9 Å². The first-order valence-corrected chi connectivity index (χ1v) is 8.61. The van der Waals surface area contributed by atoms with Gasteiger partial charge >= 0.3 is 5.97 Å². The molecule has 0 aliphatic rings. The number of nitrogens with zero attached hydrogens (tertiary/aromatic N) is 1. The van der Waals surface area contributed by atoms with Crippen molar-refractivity contribution < 1.29 is 9.90 Å². The van der Waals surface area contributed by atoms with Crippen molar-refractivity contribution in [1.82, 2.24) is 4.98 Å². The van der Waals surface area contributed by atoms with Crippen molar-refractivity contribution in [2.75, 3.05) is 0 Å². The van der Waals surface area contributed by atoms with Gasteiger partial charge in [-0.3, -0.25) is 4.79 Å². The summed E-state index contributed by atoms with van der Waals surface area (Å²) in [7, 11) is 0. The molecule has 0 fully saturated rings. The lowest BCUT2D eigenvalue weighted by atomic mass is 10.2. The van der Waals surface area contributed by atoms with E-state index < -0.39 is 5.97 Å². The van der Waals surface area contributed by atoms with Gasteiger partial charge in [-0.1, -0.05) is 12.1 Å². The maximum absolute atomic E-state index is 10.8. The van der Waals surface area contributed by atoms with Gasteiger partial charge in [0, 0.05) is 4.88 Å². The normalized spacial score (nSPS) is 10.8. The van der Waals surface area contributed by atoms with Gasteiger partial charge < -0.3 is 5.11 Å². The van der Waals surface area contributed by atoms with Gasteiger partial charge in [-0.25, -0.2) is 4.98 Å². The highest BCUT2D eigenvalue weighted by atomic mass is 32.1. The summed E-state index contributed by atoms with van der Waals surface area (Å²) in [6.45, 7) is 0. The fraction of sp³-hybridized carbons (Fsp3) is 0.143. The van der Waals surface area contributed by atoms with Crippen molar-refractivity contribution in [3.05, 3.63) is 39.9 Å². The fourth-order valence-electron chi connectivity index (χ4n) is 1.85. The molecule has 0 atom stereocenters. The van der Waals surface area contributed by atoms with E-state index in [1.54, 1.807) is 34.0 Å². The molecule has 0 spiro atoms. The molecule has 0 bridgehead atoms. The average molecular weight is 321 g/mol. The van der Waals surface area contributed by atoms with E-state index in [9.17, 15) is 4.79 Å². The highest BCUT2D eigenvalue weighted by molar-refractivity contribution is 7.21. The van der Waals surface area contributed by atoms with E-state index >= 15 is 0 Å². The lowest BCUT2D eigenvalue weighted by Crippen LogP contribution is -1.96. The lowest BCUT2D eigenvalue weighted by molar-refractivity contribution is -0.136. The van der Waals surface area contributed by atoms with Gasteiger partial charge in [-0.05, 0) is 29.3 Å². The Labute approximate surface area is 128 Å². The monoisotopic (exact) mass is 321 g/mol. The zero-order chi connectivity index (χ0) is 13.9. The molecule has 0 radical (unpaired) electrons. The van der Waals surface area contributed by atoms with Crippen LogP contribution >= 0.6 is 34.0 Å². The maximum atomic E-state index is 10.8. The van der Waals surface area contributed by atoms with E-state index in [4.69, 9.17) is 10.1 Å². The Kier molecular flexibility index (Phi) is 3.95. The molecule has 3 aromatic heterocycles. The summed E-state index contributed by atoms with van der Waals surface area (Å²) in [5.74, 6) is -0.770. The molecule has 6 heteroatoms. The average Bonchev–Trinajstić information content (AvgIpc) is 3.15. The minimum Gasteiger partial charge on any atom is -0.481 e. The van der Waals surface area contributed by atoms with Crippen LogP contribution in [0.1, 0.15) is 11.3 Å². The Morgan fingerprint density at radius 3 is 2.45 bits per heavy atom. The SMILES string of the molecule is O=C(O)CCc1sc(-c2cccs2)nc1-c1cccs1. The van der Waals surface area contributed by atoms with Crippen LogP contribution in [0.15, 0.2) is 35.0 Å². The van der Waals surface area contributed by atoms with Crippen LogP contribution in [0.2, 0.25) is 0 Å². The van der Waals surface area contributed by atoms with E-state index in [1.165, 1.54) is 0 Å². The second-order valence-corrected chi connectivity index (χ2v) is 7.12. The molecular weight excluding hydrogens is 310 g/mol. The third kappa shape index (κ3) is 2.82. The molecule has 3 rings (SSSR count). The van der Waals surface area contributed by atoms with Gasteiger partial charge in [0.25, 0.3) is 0 Å². The van der Waals surface area contributed by atoms with Crippen molar-refractivity contribution in [1.29, 1.82) is 0 Å². The van der Waals surface area contributed by atoms with E-state index in [-0.39, 0.29) is 6.42 Å². The third-order valence-electron chi connectivity index (χ3n) is 2.75. The summed E-state index contributed by atoms with van der Waals surface area (Å²) in [4.78, 5) is 18.8. The van der Waals surface area contributed by atoms with Crippen molar-refractivity contribution in [3.63, 3.8) is 0 Å². The van der Waals surface area contributed by atoms with Gasteiger partial charge in [0.1, 0.15) is 5.01 Å². The summed E-state index contributed by atoms with van der Waals surface area (Å²) in [5.41, 5.74) is 0.939. The molecule has 0 saturated carbocycles. The van der Waals surface area contributed by atoms with Crippen molar-refractivity contribution in [2.45, 2.75) is 12.8 Å². The number of carbonyl (C=O) groups is 1. The summed E-state index contributed by atoms with van der Waals surface area (Å²) in [6.07, 6.45) is 0.677. The predicted octanol–water partition coefficient (Wildman–Crippen LogP) is 4.62. The van der Waals surface area contributed by atoms with Crippen LogP contribution < -0.4 is 0 Å². The van der Waals surface area contributed by atoms with E-state index in [0.29, 0.717) is 6.42 Å². The van der Waals surface area contributed by atoms with Gasteiger partial charge in [-0.15, -0.1) is 34.0 Å². The second-order valence-electron chi connectivity index (χ2n) is 4.14. The van der Waals surface area contributed by atoms with Crippen LogP contribution in [0.5, 0.6) is 0 Å². The Bertz CT molecular complexity index is 699. The number of aliphatic carboxylic acids is 1. The minimum atomic E-state index is -0.770. The molecule has 0 aliphatic carbocycles. The minimum absolute atomic E-state index is 0.143. The molecule has 1 N–H and O–H groups in total. The third-order valence-corrected chi connectivity index (χ3v) is 5.78. The van der Waals surface area contributed by atoms with Crippen LogP contribution in [0.3, 0.4) is 0 Å². The van der Waals surface area contributed by atoms with E-state index in [1.807, 2.05) is 35.0 Å². The molecule has 0 unspecified atom stereocenters. The Hall–Kier alpha value is -1.50. The molecule has 0 aliphatic heterocycles. The number of aryl methyl sites for hydroxylation is 1. The quantitative estimate of drug-likeness (QED) is 0.746. The smallest absolute Gasteiger partial charge is 0.303 e. The first kappa shape index (κ1) is 13.5. The van der Waals surface area contributed by atoms with Crippen molar-refractivity contribution in [3.8, 4) is 20.5 Å². The second kappa shape index (κ2) is 5.87. The number of thiophene rings is 2. The molecular formula is C14H11NO2S3. The highest BCUT2D eigenvalue weighted by Gasteiger charge is 2.16. The van der Waals surface area contributed by atoms with Crippen LogP contribution in [0.25, 0.3) is 20.5 Å². The molecule has 3 heterocycles. The number of rotatable bonds is 5. The van der Waals surface area contributed by atoms with Gasteiger partial charge in [0.15, 0.2) is 0 Å². The summed E-state index contributed by atoms with van der Waals surface area (Å²) < 4.78 is 0. The number of carboxylic acid groups (broad SMARTS) is 1. The van der Waals surface area contributed by atoms with E-state index in [2.05, 4.69) is 0 Å². The van der Waals surface area contributed by atoms with Crippen LogP contribution in [-0.4, -0.2) is 16.1 Å². The maximum Gasteiger partial charge on any atom is 0.303 e. The van der Waals surface area contributed by atoms with Gasteiger partial charge in [0.2, 0.25) is 0 Å². The zero-order valence-corrected chi connectivity index (χ0v) is 12.9. The number of hydrogen-bond acceptors (Lipinski definition) is 5. The standard InChI is InChI=1S/C14H11NO2S3/c16-12(17)6-5-10-13(9-3-1-7-18-9)15-14(20-10)11-4-2-8-19-11/h1-4,7-8H,5-6H2,(H,16,17). The van der Waals surface area contributed by atoms with Crippen molar-refractivity contribution in [2.24, 2.45) is 0 Å². The Morgan fingerprint density at radius 1 is 1.15 bits per heavy atom. The predicted molar refractivity (Wildman–Crippen MR) is 84.7 cm³/mol. The Morgan fingerprint density at radius 2 is 1.85 bits per heavy atom. The fourth-order valence-corrected chi connectivity index (χ4v) is 4.53. The van der Waals surface area contributed by atoms with E-state index in [0.717, 1.165) is 25.3 Å². The molecule has 102 valence electrons. The lowest BCUT2D eigenvalue weighted by Gasteiger charge is -1.97. The van der Waals surface area contributed by atoms with Crippen LogP contribution in [-0.2, 0) is 11.2 Å². The zero-order valence-electron chi connectivity index (χ0n) is 10.4. The topological polar surface area (TPSA) is 50.2 Å². The first-order chi connectivity index (χ1) is 9.74. The molecule has 20 heavy (non-hydrogen) atoms. The van der Waals surface area contributed by atoms with Crippen molar-refractivity contribution >= 4 is 40.0 Å². The summed E-state index contributed by atoms with van der Waals surface area (Å²) >= 11 is 4.89. The number of hydrogen-bond donors (Lipinski definition) is 1. The largest absolute Gasteiger partial charge is 0.481 e. The Balaban J connectivity index is 1.99. The molecule has 3 aromatic rings. The summed E-state index contributed by atoms with van der Waals surface area (Å²) in [5, 5.41) is 13.9.